The van der Waals surface area contributed by atoms with Gasteiger partial charge in [0.05, 0.1) is 16.6 Å². The molecule has 0 saturated carbocycles. The van der Waals surface area contributed by atoms with Gasteiger partial charge in [0.1, 0.15) is 6.61 Å². The van der Waals surface area contributed by atoms with E-state index in [4.69, 9.17) is 9.84 Å². The summed E-state index contributed by atoms with van der Waals surface area (Å²) in [6, 6.07) is 9.08. The molecule has 2 rings (SSSR count). The highest BCUT2D eigenvalue weighted by molar-refractivity contribution is 5.87. The molecule has 1 N–H and O–H groups in total. The van der Waals surface area contributed by atoms with Crippen LogP contribution in [0.2, 0.25) is 0 Å². The molecule has 0 aliphatic rings. The number of carboxylic acid groups (broad SMARTS) is 1. The van der Waals surface area contributed by atoms with Gasteiger partial charge < -0.3 is 9.84 Å². The van der Waals surface area contributed by atoms with E-state index < -0.39 is 16.7 Å². The van der Waals surface area contributed by atoms with Crippen LogP contribution in [0.3, 0.4) is 0 Å². The third-order valence-electron chi connectivity index (χ3n) is 2.69. The summed E-state index contributed by atoms with van der Waals surface area (Å²) in [6.45, 7) is -0.0458. The van der Waals surface area contributed by atoms with Crippen LogP contribution in [-0.4, -0.2) is 16.0 Å². The highest BCUT2D eigenvalue weighted by Gasteiger charge is 2.12. The van der Waals surface area contributed by atoms with E-state index >= 15 is 0 Å². The number of non-ortho nitro benzene ring substituents is 1. The first kappa shape index (κ1) is 14.4. The average Bonchev–Trinajstić information content (AvgIpc) is 2.46. The molecule has 7 heteroatoms. The Morgan fingerprint density at radius 2 is 2.05 bits per heavy atom. The molecule has 0 radical (unpaired) electrons. The van der Waals surface area contributed by atoms with Crippen molar-refractivity contribution in [2.45, 2.75) is 6.61 Å². The number of nitro benzene ring substituents is 1. The fourth-order valence-electron chi connectivity index (χ4n) is 1.68. The third-order valence-corrected chi connectivity index (χ3v) is 2.69. The standard InChI is InChI=1S/C14H10FNO5/c15-12-7-11(16(19)20)4-5-13(12)21-8-9-2-1-3-10(6-9)14(17)18/h1-7H,8H2,(H,17,18). The predicted octanol–water partition coefficient (Wildman–Crippen LogP) is 3.01. The Kier molecular flexibility index (Phi) is 4.13. The molecule has 0 aliphatic carbocycles. The van der Waals surface area contributed by atoms with Gasteiger partial charge in [0.15, 0.2) is 11.6 Å². The summed E-state index contributed by atoms with van der Waals surface area (Å²) in [7, 11) is 0. The highest BCUT2D eigenvalue weighted by Crippen LogP contribution is 2.23. The molecule has 0 aromatic heterocycles. The summed E-state index contributed by atoms with van der Waals surface area (Å²) in [5, 5.41) is 19.3. The van der Waals surface area contributed by atoms with E-state index in [-0.39, 0.29) is 23.6 Å². The lowest BCUT2D eigenvalue weighted by Crippen LogP contribution is -2.01. The molecule has 0 unspecified atom stereocenters. The quantitative estimate of drug-likeness (QED) is 0.675. The average molecular weight is 291 g/mol. The molecule has 2 aromatic rings. The number of carbonyl (C=O) groups is 1. The van der Waals surface area contributed by atoms with E-state index in [0.717, 1.165) is 18.2 Å². The predicted molar refractivity (Wildman–Crippen MR) is 70.8 cm³/mol. The van der Waals surface area contributed by atoms with Crippen LogP contribution in [0.4, 0.5) is 10.1 Å². The van der Waals surface area contributed by atoms with Crippen molar-refractivity contribution in [3.63, 3.8) is 0 Å². The number of halogens is 1. The minimum absolute atomic E-state index is 0.0458. The second kappa shape index (κ2) is 6.00. The van der Waals surface area contributed by atoms with Crippen LogP contribution in [0.15, 0.2) is 42.5 Å². The molecule has 0 fully saturated rings. The molecule has 0 amide bonds. The molecule has 0 spiro atoms. The number of hydrogen-bond donors (Lipinski definition) is 1. The summed E-state index contributed by atoms with van der Waals surface area (Å²) < 4.78 is 18.8. The smallest absolute Gasteiger partial charge is 0.335 e. The van der Waals surface area contributed by atoms with Crippen molar-refractivity contribution >= 4 is 11.7 Å². The van der Waals surface area contributed by atoms with Gasteiger partial charge in [0, 0.05) is 6.07 Å². The Balaban J connectivity index is 2.11. The third kappa shape index (κ3) is 3.53. The lowest BCUT2D eigenvalue weighted by Gasteiger charge is -2.07. The number of nitrogens with zero attached hydrogens (tertiary/aromatic N) is 1. The van der Waals surface area contributed by atoms with E-state index in [1.54, 1.807) is 12.1 Å². The number of nitro groups is 1. The Labute approximate surface area is 118 Å². The maximum Gasteiger partial charge on any atom is 0.335 e. The topological polar surface area (TPSA) is 89.7 Å². The zero-order chi connectivity index (χ0) is 15.4. The SMILES string of the molecule is O=C(O)c1cccc(COc2ccc([N+](=O)[O-])cc2F)c1. The van der Waals surface area contributed by atoms with Gasteiger partial charge in [-0.25, -0.2) is 9.18 Å². The van der Waals surface area contributed by atoms with Crippen molar-refractivity contribution in [2.24, 2.45) is 0 Å². The van der Waals surface area contributed by atoms with Crippen LogP contribution in [0, 0.1) is 15.9 Å². The number of benzene rings is 2. The fourth-order valence-corrected chi connectivity index (χ4v) is 1.68. The van der Waals surface area contributed by atoms with Gasteiger partial charge in [0.2, 0.25) is 0 Å². The number of hydrogen-bond acceptors (Lipinski definition) is 4. The Morgan fingerprint density at radius 3 is 2.67 bits per heavy atom. The second-order valence-electron chi connectivity index (χ2n) is 4.17. The van der Waals surface area contributed by atoms with E-state index in [0.29, 0.717) is 5.56 Å². The van der Waals surface area contributed by atoms with Crippen LogP contribution >= 0.6 is 0 Å². The van der Waals surface area contributed by atoms with Crippen molar-refractivity contribution in [2.75, 3.05) is 0 Å². The molecule has 21 heavy (non-hydrogen) atoms. The molecule has 0 saturated heterocycles. The fraction of sp³-hybridized carbons (Fsp3) is 0.0714. The largest absolute Gasteiger partial charge is 0.486 e. The summed E-state index contributed by atoms with van der Waals surface area (Å²) in [4.78, 5) is 20.6. The molecule has 0 bridgehead atoms. The zero-order valence-electron chi connectivity index (χ0n) is 10.7. The van der Waals surface area contributed by atoms with Crippen molar-refractivity contribution in [1.82, 2.24) is 0 Å². The van der Waals surface area contributed by atoms with Gasteiger partial charge in [-0.15, -0.1) is 0 Å². The summed E-state index contributed by atoms with van der Waals surface area (Å²) in [6.07, 6.45) is 0. The van der Waals surface area contributed by atoms with Gasteiger partial charge in [0.25, 0.3) is 5.69 Å². The van der Waals surface area contributed by atoms with Crippen LogP contribution in [0.25, 0.3) is 0 Å². The Bertz CT molecular complexity index is 702. The van der Waals surface area contributed by atoms with Gasteiger partial charge >= 0.3 is 5.97 Å². The second-order valence-corrected chi connectivity index (χ2v) is 4.17. The Morgan fingerprint density at radius 1 is 1.29 bits per heavy atom. The monoisotopic (exact) mass is 291 g/mol. The van der Waals surface area contributed by atoms with Crippen molar-refractivity contribution in [1.29, 1.82) is 0 Å². The summed E-state index contributed by atoms with van der Waals surface area (Å²) >= 11 is 0. The van der Waals surface area contributed by atoms with Gasteiger partial charge in [-0.1, -0.05) is 12.1 Å². The van der Waals surface area contributed by atoms with Crippen LogP contribution in [0.1, 0.15) is 15.9 Å². The first-order chi connectivity index (χ1) is 9.97. The van der Waals surface area contributed by atoms with Crippen molar-refractivity contribution in [3.05, 3.63) is 69.5 Å². The van der Waals surface area contributed by atoms with Crippen LogP contribution < -0.4 is 4.74 Å². The first-order valence-electron chi connectivity index (χ1n) is 5.86. The summed E-state index contributed by atoms with van der Waals surface area (Å²) in [5.74, 6) is -2.06. The normalized spacial score (nSPS) is 10.1. The number of carboxylic acids is 1. The van der Waals surface area contributed by atoms with Gasteiger partial charge in [-0.3, -0.25) is 10.1 Å². The Hall–Kier alpha value is -2.96. The first-order valence-corrected chi connectivity index (χ1v) is 5.86. The molecule has 0 aliphatic heterocycles. The molecule has 2 aromatic carbocycles. The van der Waals surface area contributed by atoms with E-state index in [1.165, 1.54) is 12.1 Å². The minimum atomic E-state index is -1.07. The summed E-state index contributed by atoms with van der Waals surface area (Å²) in [5.41, 5.74) is 0.278. The van der Waals surface area contributed by atoms with Crippen molar-refractivity contribution in [3.8, 4) is 5.75 Å². The zero-order valence-corrected chi connectivity index (χ0v) is 10.7. The lowest BCUT2D eigenvalue weighted by atomic mass is 10.1. The maximum absolute atomic E-state index is 13.6. The van der Waals surface area contributed by atoms with E-state index in [1.807, 2.05) is 0 Å². The molecular weight excluding hydrogens is 281 g/mol. The maximum atomic E-state index is 13.6. The molecular formula is C14H10FNO5. The molecule has 6 nitrogen and oxygen atoms in total. The van der Waals surface area contributed by atoms with Crippen LogP contribution in [0.5, 0.6) is 5.75 Å². The number of aromatic carboxylic acids is 1. The molecule has 0 heterocycles. The molecule has 108 valence electrons. The van der Waals surface area contributed by atoms with Crippen molar-refractivity contribution < 1.29 is 24.0 Å². The minimum Gasteiger partial charge on any atom is -0.486 e. The number of rotatable bonds is 5. The van der Waals surface area contributed by atoms with E-state index in [9.17, 15) is 19.3 Å². The van der Waals surface area contributed by atoms with E-state index in [2.05, 4.69) is 0 Å². The highest BCUT2D eigenvalue weighted by atomic mass is 19.1. The number of ether oxygens (including phenoxy) is 1. The molecule has 0 atom stereocenters. The van der Waals surface area contributed by atoms with Crippen LogP contribution in [-0.2, 0) is 6.61 Å². The van der Waals surface area contributed by atoms with Gasteiger partial charge in [-0.2, -0.15) is 0 Å². The lowest BCUT2D eigenvalue weighted by molar-refractivity contribution is -0.385. The van der Waals surface area contributed by atoms with Gasteiger partial charge in [-0.05, 0) is 23.8 Å².